The largest absolute Gasteiger partial charge is 0.416 e. The lowest BCUT2D eigenvalue weighted by molar-refractivity contribution is -0.137. The highest BCUT2D eigenvalue weighted by Crippen LogP contribution is 2.48. The maximum absolute atomic E-state index is 13.2. The number of anilines is 1. The van der Waals surface area contributed by atoms with Crippen LogP contribution in [-0.2, 0) is 16.7 Å². The number of para-hydroxylation sites is 1. The van der Waals surface area contributed by atoms with Gasteiger partial charge in [-0.2, -0.15) is 13.2 Å². The number of alkyl halides is 3. The Morgan fingerprint density at radius 1 is 0.933 bits per heavy atom. The lowest BCUT2D eigenvalue weighted by atomic mass is 9.93. The number of hydrogen-bond donors (Lipinski definition) is 0. The Kier molecular flexibility index (Phi) is 3.96. The lowest BCUT2D eigenvalue weighted by Crippen LogP contribution is -2.44. The third kappa shape index (κ3) is 2.69. The van der Waals surface area contributed by atoms with Crippen LogP contribution in [-0.4, -0.2) is 11.6 Å². The zero-order valence-electron chi connectivity index (χ0n) is 15.6. The van der Waals surface area contributed by atoms with Crippen molar-refractivity contribution in [2.45, 2.75) is 18.3 Å². The Balaban J connectivity index is 1.59. The van der Waals surface area contributed by atoms with Gasteiger partial charge >= 0.3 is 6.18 Å². The molecule has 0 aromatic heterocycles. The molecule has 1 spiro atoms. The third-order valence-electron chi connectivity index (χ3n) is 5.39. The van der Waals surface area contributed by atoms with Crippen molar-refractivity contribution < 1.29 is 22.8 Å². The minimum atomic E-state index is -4.46. The molecule has 1 amide bonds. The molecule has 2 aliphatic heterocycles. The first-order valence-electron chi connectivity index (χ1n) is 9.32. The molecule has 7 heteroatoms. The number of hydrogen-bond acceptors (Lipinski definition) is 3. The Hall–Kier alpha value is -3.61. The van der Waals surface area contributed by atoms with E-state index in [1.807, 2.05) is 18.2 Å². The Labute approximate surface area is 170 Å². The number of fused-ring (bicyclic) bond motifs is 2. The second-order valence-corrected chi connectivity index (χ2v) is 7.19. The van der Waals surface area contributed by atoms with E-state index in [1.165, 1.54) is 11.0 Å². The summed E-state index contributed by atoms with van der Waals surface area (Å²) in [6, 6.07) is 21.1. The minimum absolute atomic E-state index is 0.131. The van der Waals surface area contributed by atoms with Gasteiger partial charge in [0, 0.05) is 22.4 Å². The van der Waals surface area contributed by atoms with Crippen LogP contribution in [0.5, 0.6) is 0 Å². The van der Waals surface area contributed by atoms with Gasteiger partial charge in [-0.3, -0.25) is 9.69 Å². The Bertz CT molecular complexity index is 1170. The molecule has 30 heavy (non-hydrogen) atoms. The number of nitrogens with zero attached hydrogens (tertiary/aromatic N) is 2. The summed E-state index contributed by atoms with van der Waals surface area (Å²) < 4.78 is 39.5. The van der Waals surface area contributed by atoms with Crippen LogP contribution in [0.3, 0.4) is 0 Å². The molecule has 0 N–H and O–H groups in total. The fourth-order valence-corrected chi connectivity index (χ4v) is 4.03. The number of benzene rings is 3. The van der Waals surface area contributed by atoms with Gasteiger partial charge in [-0.15, -0.1) is 0 Å². The van der Waals surface area contributed by atoms with Gasteiger partial charge in [-0.1, -0.05) is 53.7 Å². The second-order valence-electron chi connectivity index (χ2n) is 7.19. The van der Waals surface area contributed by atoms with Crippen LogP contribution in [0.15, 0.2) is 84.0 Å². The van der Waals surface area contributed by atoms with Gasteiger partial charge in [0.25, 0.3) is 5.91 Å². The molecule has 0 bridgehead atoms. The monoisotopic (exact) mass is 408 g/mol. The molecule has 0 aliphatic carbocycles. The molecule has 2 heterocycles. The van der Waals surface area contributed by atoms with Crippen molar-refractivity contribution in [1.29, 1.82) is 0 Å². The predicted molar refractivity (Wildman–Crippen MR) is 105 cm³/mol. The van der Waals surface area contributed by atoms with Crippen molar-refractivity contribution in [2.75, 3.05) is 4.90 Å². The molecule has 150 valence electrons. The lowest BCUT2D eigenvalue weighted by Gasteiger charge is -2.33. The summed E-state index contributed by atoms with van der Waals surface area (Å²) in [5.41, 5.74) is 0.425. The normalized spacial score (nSPS) is 20.3. The smallest absolute Gasteiger partial charge is 0.361 e. The SMILES string of the molecule is O=C1c2ccccc2C2(CC(c3cccc(C(F)(F)F)c3)=NO2)N1c1ccccc1. The molecule has 3 aromatic carbocycles. The maximum atomic E-state index is 13.2. The number of carbonyl (C=O) groups excluding carboxylic acids is 1. The first-order valence-corrected chi connectivity index (χ1v) is 9.32. The van der Waals surface area contributed by atoms with Crippen LogP contribution in [0.1, 0.15) is 33.5 Å². The quantitative estimate of drug-likeness (QED) is 0.574. The van der Waals surface area contributed by atoms with Gasteiger partial charge in [-0.05, 0) is 30.3 Å². The van der Waals surface area contributed by atoms with Crippen molar-refractivity contribution >= 4 is 17.3 Å². The van der Waals surface area contributed by atoms with E-state index in [-0.39, 0.29) is 12.3 Å². The number of carbonyl (C=O) groups is 1. The summed E-state index contributed by atoms with van der Waals surface area (Å²) in [7, 11) is 0. The molecule has 4 nitrogen and oxygen atoms in total. The van der Waals surface area contributed by atoms with Gasteiger partial charge in [0.2, 0.25) is 5.72 Å². The molecule has 0 radical (unpaired) electrons. The average Bonchev–Trinajstić information content (AvgIpc) is 3.29. The highest BCUT2D eigenvalue weighted by Gasteiger charge is 2.56. The highest BCUT2D eigenvalue weighted by molar-refractivity contribution is 6.13. The van der Waals surface area contributed by atoms with Crippen molar-refractivity contribution in [3.05, 3.63) is 101 Å². The third-order valence-corrected chi connectivity index (χ3v) is 5.39. The zero-order chi connectivity index (χ0) is 20.9. The van der Waals surface area contributed by atoms with Crippen molar-refractivity contribution in [2.24, 2.45) is 5.16 Å². The summed E-state index contributed by atoms with van der Waals surface area (Å²) in [5.74, 6) is -0.239. The van der Waals surface area contributed by atoms with Crippen molar-refractivity contribution in [3.8, 4) is 0 Å². The van der Waals surface area contributed by atoms with E-state index in [1.54, 1.807) is 42.5 Å². The minimum Gasteiger partial charge on any atom is -0.361 e. The van der Waals surface area contributed by atoms with Crippen LogP contribution < -0.4 is 4.90 Å². The molecule has 1 unspecified atom stereocenters. The van der Waals surface area contributed by atoms with Crippen LogP contribution in [0.2, 0.25) is 0 Å². The van der Waals surface area contributed by atoms with Crippen LogP contribution >= 0.6 is 0 Å². The number of amides is 1. The number of halogens is 3. The molecule has 0 saturated heterocycles. The van der Waals surface area contributed by atoms with Gasteiger partial charge < -0.3 is 4.84 Å². The highest BCUT2D eigenvalue weighted by atomic mass is 19.4. The van der Waals surface area contributed by atoms with E-state index in [9.17, 15) is 18.0 Å². The van der Waals surface area contributed by atoms with Crippen molar-refractivity contribution in [3.63, 3.8) is 0 Å². The number of oxime groups is 1. The van der Waals surface area contributed by atoms with Crippen LogP contribution in [0.4, 0.5) is 18.9 Å². The van der Waals surface area contributed by atoms with Crippen LogP contribution in [0, 0.1) is 0 Å². The second kappa shape index (κ2) is 6.45. The summed E-state index contributed by atoms with van der Waals surface area (Å²) >= 11 is 0. The molecule has 1 atom stereocenters. The Morgan fingerprint density at radius 3 is 2.43 bits per heavy atom. The number of rotatable bonds is 2. The topological polar surface area (TPSA) is 41.9 Å². The standard InChI is InChI=1S/C23H15F3N2O2/c24-23(25,26)16-8-6-7-15(13-16)20-14-22(30-27-20)19-12-5-4-11-18(19)21(29)28(22)17-9-2-1-3-10-17/h1-13H,14H2. The van der Waals surface area contributed by atoms with E-state index in [0.717, 1.165) is 12.1 Å². The summed E-state index contributed by atoms with van der Waals surface area (Å²) in [5, 5.41) is 4.13. The molecular formula is C23H15F3N2O2. The van der Waals surface area contributed by atoms with Crippen LogP contribution in [0.25, 0.3) is 0 Å². The summed E-state index contributed by atoms with van der Waals surface area (Å²) in [6.07, 6.45) is -4.33. The molecule has 5 rings (SSSR count). The van der Waals surface area contributed by atoms with Gasteiger partial charge in [0.1, 0.15) is 0 Å². The van der Waals surface area contributed by atoms with Crippen molar-refractivity contribution in [1.82, 2.24) is 0 Å². The van der Waals surface area contributed by atoms with E-state index in [0.29, 0.717) is 28.1 Å². The average molecular weight is 408 g/mol. The molecule has 2 aliphatic rings. The van der Waals surface area contributed by atoms with Gasteiger partial charge in [0.05, 0.1) is 17.7 Å². The van der Waals surface area contributed by atoms with Gasteiger partial charge in [0.15, 0.2) is 0 Å². The fraction of sp³-hybridized carbons (Fsp3) is 0.130. The van der Waals surface area contributed by atoms with E-state index in [4.69, 9.17) is 4.84 Å². The summed E-state index contributed by atoms with van der Waals surface area (Å²) in [6.45, 7) is 0. The fourth-order valence-electron chi connectivity index (χ4n) is 4.03. The first-order chi connectivity index (χ1) is 14.4. The van der Waals surface area contributed by atoms with E-state index >= 15 is 0 Å². The molecule has 3 aromatic rings. The van der Waals surface area contributed by atoms with E-state index < -0.39 is 17.5 Å². The van der Waals surface area contributed by atoms with E-state index in [2.05, 4.69) is 5.16 Å². The molecule has 0 saturated carbocycles. The Morgan fingerprint density at radius 2 is 1.67 bits per heavy atom. The molecule has 0 fully saturated rings. The maximum Gasteiger partial charge on any atom is 0.416 e. The first kappa shape index (κ1) is 18.4. The van der Waals surface area contributed by atoms with Gasteiger partial charge in [-0.25, -0.2) is 0 Å². The molecular weight excluding hydrogens is 393 g/mol. The summed E-state index contributed by atoms with van der Waals surface area (Å²) in [4.78, 5) is 20.6. The zero-order valence-corrected chi connectivity index (χ0v) is 15.6. The predicted octanol–water partition coefficient (Wildman–Crippen LogP) is 5.34.